The molecule has 1 aliphatic heterocycles. The highest BCUT2D eigenvalue weighted by Gasteiger charge is 2.27. The zero-order valence-electron chi connectivity index (χ0n) is 13.0. The number of hydrogen-bond donors (Lipinski definition) is 0. The Labute approximate surface area is 135 Å². The number of hydrogen-bond acceptors (Lipinski definition) is 5. The van der Waals surface area contributed by atoms with Crippen molar-refractivity contribution in [3.8, 4) is 0 Å². The van der Waals surface area contributed by atoms with Crippen molar-refractivity contribution in [3.63, 3.8) is 0 Å². The molecule has 0 aromatic carbocycles. The molecule has 5 nitrogen and oxygen atoms in total. The lowest BCUT2D eigenvalue weighted by atomic mass is 10.2. The molecular weight excluding hydrogens is 293 g/mol. The van der Waals surface area contributed by atoms with Crippen LogP contribution in [0, 0.1) is 5.82 Å². The molecule has 1 aliphatic carbocycles. The molecule has 0 spiro atoms. The van der Waals surface area contributed by atoms with E-state index in [0.717, 1.165) is 49.9 Å². The summed E-state index contributed by atoms with van der Waals surface area (Å²) in [5, 5.41) is 0. The van der Waals surface area contributed by atoms with Gasteiger partial charge < -0.3 is 4.90 Å². The molecule has 2 aromatic rings. The molecule has 1 saturated carbocycles. The standard InChI is InChI=1S/C17H20FN5/c18-15-9-13(10-19-11-15)12-22-5-7-23(8-6-22)16-3-4-20-17(21-16)14-1-2-14/h3-4,9-11,14H,1-2,5-8,12H2. The van der Waals surface area contributed by atoms with E-state index < -0.39 is 0 Å². The minimum Gasteiger partial charge on any atom is -0.354 e. The van der Waals surface area contributed by atoms with E-state index in [1.165, 1.54) is 19.0 Å². The molecule has 4 rings (SSSR count). The van der Waals surface area contributed by atoms with Crippen LogP contribution in [0.25, 0.3) is 0 Å². The fraction of sp³-hybridized carbons (Fsp3) is 0.471. The van der Waals surface area contributed by atoms with Gasteiger partial charge in [-0.15, -0.1) is 0 Å². The van der Waals surface area contributed by atoms with Crippen LogP contribution >= 0.6 is 0 Å². The largest absolute Gasteiger partial charge is 0.354 e. The summed E-state index contributed by atoms with van der Waals surface area (Å²) in [5.41, 5.74) is 0.927. The minimum atomic E-state index is -0.269. The normalized spacial score (nSPS) is 19.1. The average molecular weight is 313 g/mol. The summed E-state index contributed by atoms with van der Waals surface area (Å²) in [4.78, 5) is 17.7. The highest BCUT2D eigenvalue weighted by molar-refractivity contribution is 5.38. The fourth-order valence-electron chi connectivity index (χ4n) is 3.01. The van der Waals surface area contributed by atoms with Crippen molar-refractivity contribution in [2.75, 3.05) is 31.1 Å². The summed E-state index contributed by atoms with van der Waals surface area (Å²) < 4.78 is 13.2. The number of rotatable bonds is 4. The van der Waals surface area contributed by atoms with Gasteiger partial charge in [-0.3, -0.25) is 9.88 Å². The highest BCUT2D eigenvalue weighted by Crippen LogP contribution is 2.38. The predicted molar refractivity (Wildman–Crippen MR) is 85.7 cm³/mol. The maximum Gasteiger partial charge on any atom is 0.141 e. The van der Waals surface area contributed by atoms with Gasteiger partial charge in [0.1, 0.15) is 17.5 Å². The van der Waals surface area contributed by atoms with Crippen molar-refractivity contribution in [2.45, 2.75) is 25.3 Å². The van der Waals surface area contributed by atoms with Gasteiger partial charge in [0.2, 0.25) is 0 Å². The van der Waals surface area contributed by atoms with Crippen molar-refractivity contribution in [2.24, 2.45) is 0 Å². The van der Waals surface area contributed by atoms with Crippen LogP contribution in [-0.4, -0.2) is 46.0 Å². The van der Waals surface area contributed by atoms with Crippen molar-refractivity contribution in [3.05, 3.63) is 47.9 Å². The van der Waals surface area contributed by atoms with Crippen LogP contribution < -0.4 is 4.90 Å². The highest BCUT2D eigenvalue weighted by atomic mass is 19.1. The summed E-state index contributed by atoms with van der Waals surface area (Å²) in [6.45, 7) is 4.50. The molecule has 0 radical (unpaired) electrons. The number of halogens is 1. The zero-order chi connectivity index (χ0) is 15.6. The molecule has 6 heteroatoms. The van der Waals surface area contributed by atoms with Gasteiger partial charge in [-0.2, -0.15) is 0 Å². The summed E-state index contributed by atoms with van der Waals surface area (Å²) >= 11 is 0. The van der Waals surface area contributed by atoms with E-state index >= 15 is 0 Å². The predicted octanol–water partition coefficient (Wildman–Crippen LogP) is 2.21. The molecule has 0 bridgehead atoms. The van der Waals surface area contributed by atoms with Gasteiger partial charge >= 0.3 is 0 Å². The molecule has 1 saturated heterocycles. The van der Waals surface area contributed by atoms with Crippen molar-refractivity contribution < 1.29 is 4.39 Å². The van der Waals surface area contributed by atoms with Gasteiger partial charge in [0, 0.05) is 51.0 Å². The molecule has 0 atom stereocenters. The van der Waals surface area contributed by atoms with Gasteiger partial charge in [0.15, 0.2) is 0 Å². The van der Waals surface area contributed by atoms with Crippen molar-refractivity contribution in [1.29, 1.82) is 0 Å². The monoisotopic (exact) mass is 313 g/mol. The fourth-order valence-corrected chi connectivity index (χ4v) is 3.01. The molecule has 2 aromatic heterocycles. The summed E-state index contributed by atoms with van der Waals surface area (Å²) in [6.07, 6.45) is 7.30. The Morgan fingerprint density at radius 2 is 1.96 bits per heavy atom. The summed E-state index contributed by atoms with van der Waals surface area (Å²) in [7, 11) is 0. The molecule has 2 fully saturated rings. The van der Waals surface area contributed by atoms with Gasteiger partial charge in [-0.25, -0.2) is 14.4 Å². The second-order valence-electron chi connectivity index (χ2n) is 6.32. The van der Waals surface area contributed by atoms with Crippen LogP contribution in [0.15, 0.2) is 30.7 Å². The quantitative estimate of drug-likeness (QED) is 0.866. The Morgan fingerprint density at radius 3 is 2.70 bits per heavy atom. The Balaban J connectivity index is 1.36. The molecule has 0 unspecified atom stereocenters. The summed E-state index contributed by atoms with van der Waals surface area (Å²) in [5.74, 6) is 2.34. The second-order valence-corrected chi connectivity index (χ2v) is 6.32. The van der Waals surface area contributed by atoms with Crippen LogP contribution in [0.3, 0.4) is 0 Å². The molecule has 3 heterocycles. The first-order valence-electron chi connectivity index (χ1n) is 8.17. The number of nitrogens with zero attached hydrogens (tertiary/aromatic N) is 5. The Hall–Kier alpha value is -2.08. The molecule has 23 heavy (non-hydrogen) atoms. The van der Waals surface area contributed by atoms with Crippen LogP contribution in [-0.2, 0) is 6.54 Å². The lowest BCUT2D eigenvalue weighted by Gasteiger charge is -2.35. The number of aromatic nitrogens is 3. The topological polar surface area (TPSA) is 45.2 Å². The third-order valence-electron chi connectivity index (χ3n) is 4.47. The SMILES string of the molecule is Fc1cncc(CN2CCN(c3ccnc(C4CC4)n3)CC2)c1. The van der Waals surface area contributed by atoms with E-state index in [0.29, 0.717) is 5.92 Å². The lowest BCUT2D eigenvalue weighted by molar-refractivity contribution is 0.248. The molecule has 120 valence electrons. The average Bonchev–Trinajstić information content (AvgIpc) is 3.41. The van der Waals surface area contributed by atoms with Crippen molar-refractivity contribution in [1.82, 2.24) is 19.9 Å². The minimum absolute atomic E-state index is 0.269. The Bertz CT molecular complexity index is 680. The Morgan fingerprint density at radius 1 is 1.13 bits per heavy atom. The van der Waals surface area contributed by atoms with E-state index in [1.807, 2.05) is 12.3 Å². The summed E-state index contributed by atoms with van der Waals surface area (Å²) in [6, 6.07) is 3.56. The van der Waals surface area contributed by atoms with E-state index in [2.05, 4.69) is 19.8 Å². The van der Waals surface area contributed by atoms with Gasteiger partial charge in [0.05, 0.1) is 6.20 Å². The first kappa shape index (κ1) is 14.5. The molecule has 0 amide bonds. The zero-order valence-corrected chi connectivity index (χ0v) is 13.0. The van der Waals surface area contributed by atoms with Gasteiger partial charge in [0.25, 0.3) is 0 Å². The first-order valence-corrected chi connectivity index (χ1v) is 8.17. The third-order valence-corrected chi connectivity index (χ3v) is 4.47. The maximum absolute atomic E-state index is 13.2. The van der Waals surface area contributed by atoms with E-state index in [1.54, 1.807) is 12.3 Å². The molecule has 0 N–H and O–H groups in total. The lowest BCUT2D eigenvalue weighted by Crippen LogP contribution is -2.46. The second kappa shape index (κ2) is 6.20. The van der Waals surface area contributed by atoms with Crippen LogP contribution in [0.4, 0.5) is 10.2 Å². The van der Waals surface area contributed by atoms with Crippen LogP contribution in [0.2, 0.25) is 0 Å². The van der Waals surface area contributed by atoms with E-state index in [-0.39, 0.29) is 5.82 Å². The van der Waals surface area contributed by atoms with Crippen LogP contribution in [0.1, 0.15) is 30.1 Å². The van der Waals surface area contributed by atoms with Crippen LogP contribution in [0.5, 0.6) is 0 Å². The number of pyridine rings is 1. The molecular formula is C17H20FN5. The number of anilines is 1. The van der Waals surface area contributed by atoms with Gasteiger partial charge in [-0.05, 0) is 30.5 Å². The molecule has 2 aliphatic rings. The number of piperazine rings is 1. The third kappa shape index (κ3) is 3.47. The smallest absolute Gasteiger partial charge is 0.141 e. The first-order chi connectivity index (χ1) is 11.3. The van der Waals surface area contributed by atoms with Gasteiger partial charge in [-0.1, -0.05) is 0 Å². The van der Waals surface area contributed by atoms with Crippen molar-refractivity contribution >= 4 is 5.82 Å². The van der Waals surface area contributed by atoms with E-state index in [9.17, 15) is 4.39 Å². The van der Waals surface area contributed by atoms with E-state index in [4.69, 9.17) is 4.98 Å². The Kier molecular flexibility index (Phi) is 3.91. The maximum atomic E-state index is 13.2.